The molecule has 0 spiro atoms. The van der Waals surface area contributed by atoms with E-state index in [1.807, 2.05) is 55.6 Å². The van der Waals surface area contributed by atoms with Gasteiger partial charge in [-0.3, -0.25) is 0 Å². The molecule has 0 aliphatic rings. The monoisotopic (exact) mass is 305 g/mol. The van der Waals surface area contributed by atoms with Crippen molar-refractivity contribution in [3.8, 4) is 5.75 Å². The van der Waals surface area contributed by atoms with Crippen LogP contribution in [-0.2, 0) is 11.3 Å². The van der Waals surface area contributed by atoms with Crippen molar-refractivity contribution >= 4 is 11.6 Å². The first-order chi connectivity index (χ1) is 10.2. The quantitative estimate of drug-likeness (QED) is 0.843. The van der Waals surface area contributed by atoms with E-state index >= 15 is 0 Å². The van der Waals surface area contributed by atoms with E-state index in [1.165, 1.54) is 0 Å². The molecule has 0 aliphatic carbocycles. The third-order valence-electron chi connectivity index (χ3n) is 3.20. The first-order valence-electron chi connectivity index (χ1n) is 6.87. The molecule has 2 rings (SSSR count). The largest absolute Gasteiger partial charge is 0.497 e. The Morgan fingerprint density at radius 1 is 1.14 bits per heavy atom. The fourth-order valence-electron chi connectivity index (χ4n) is 2.12. The smallest absolute Gasteiger partial charge is 0.119 e. The van der Waals surface area contributed by atoms with Crippen LogP contribution < -0.4 is 10.1 Å². The molecule has 4 heteroatoms. The maximum Gasteiger partial charge on any atom is 0.119 e. The number of halogens is 1. The molecule has 1 N–H and O–H groups in total. The van der Waals surface area contributed by atoms with Crippen molar-refractivity contribution in [1.29, 1.82) is 0 Å². The molecule has 0 saturated carbocycles. The average Bonchev–Trinajstić information content (AvgIpc) is 2.51. The van der Waals surface area contributed by atoms with Gasteiger partial charge in [-0.15, -0.1) is 0 Å². The first kappa shape index (κ1) is 15.8. The SMILES string of the molecule is CNCC(OCc1cccc(Cl)c1)c1cccc(OC)c1. The highest BCUT2D eigenvalue weighted by atomic mass is 35.5. The lowest BCUT2D eigenvalue weighted by Gasteiger charge is -2.19. The molecule has 2 aromatic carbocycles. The number of ether oxygens (including phenoxy) is 2. The van der Waals surface area contributed by atoms with Gasteiger partial charge in [0.05, 0.1) is 19.8 Å². The van der Waals surface area contributed by atoms with Gasteiger partial charge in [0.25, 0.3) is 0 Å². The normalized spacial score (nSPS) is 12.1. The Balaban J connectivity index is 2.07. The highest BCUT2D eigenvalue weighted by Crippen LogP contribution is 2.23. The fraction of sp³-hybridized carbons (Fsp3) is 0.294. The summed E-state index contributed by atoms with van der Waals surface area (Å²) in [5.74, 6) is 0.833. The van der Waals surface area contributed by atoms with E-state index in [9.17, 15) is 0 Å². The molecule has 0 heterocycles. The van der Waals surface area contributed by atoms with Crippen molar-refractivity contribution in [2.75, 3.05) is 20.7 Å². The van der Waals surface area contributed by atoms with Crippen LogP contribution in [0.4, 0.5) is 0 Å². The maximum absolute atomic E-state index is 6.03. The number of benzene rings is 2. The van der Waals surface area contributed by atoms with E-state index in [2.05, 4.69) is 5.32 Å². The van der Waals surface area contributed by atoms with E-state index in [1.54, 1.807) is 7.11 Å². The van der Waals surface area contributed by atoms with Crippen LogP contribution in [-0.4, -0.2) is 20.7 Å². The fourth-order valence-corrected chi connectivity index (χ4v) is 2.34. The summed E-state index contributed by atoms with van der Waals surface area (Å²) in [6.07, 6.45) is -0.0379. The summed E-state index contributed by atoms with van der Waals surface area (Å²) < 4.78 is 11.3. The predicted molar refractivity (Wildman–Crippen MR) is 85.9 cm³/mol. The van der Waals surface area contributed by atoms with Crippen molar-refractivity contribution in [1.82, 2.24) is 5.32 Å². The summed E-state index contributed by atoms with van der Waals surface area (Å²) in [7, 11) is 3.58. The second-order valence-electron chi connectivity index (χ2n) is 4.76. The topological polar surface area (TPSA) is 30.5 Å². The van der Waals surface area contributed by atoms with E-state index in [0.29, 0.717) is 6.61 Å². The Kier molecular flexibility index (Phi) is 6.05. The van der Waals surface area contributed by atoms with Gasteiger partial charge in [0.1, 0.15) is 5.75 Å². The number of methoxy groups -OCH3 is 1. The van der Waals surface area contributed by atoms with Crippen molar-refractivity contribution in [3.63, 3.8) is 0 Å². The minimum Gasteiger partial charge on any atom is -0.497 e. The van der Waals surface area contributed by atoms with E-state index in [0.717, 1.165) is 28.4 Å². The number of hydrogen-bond acceptors (Lipinski definition) is 3. The van der Waals surface area contributed by atoms with Gasteiger partial charge in [-0.25, -0.2) is 0 Å². The van der Waals surface area contributed by atoms with E-state index in [-0.39, 0.29) is 6.10 Å². The number of likely N-dealkylation sites (N-methyl/N-ethyl adjacent to an activating group) is 1. The maximum atomic E-state index is 6.03. The van der Waals surface area contributed by atoms with Crippen molar-refractivity contribution in [3.05, 3.63) is 64.7 Å². The van der Waals surface area contributed by atoms with Crippen molar-refractivity contribution < 1.29 is 9.47 Å². The van der Waals surface area contributed by atoms with Crippen LogP contribution in [0.3, 0.4) is 0 Å². The summed E-state index contributed by atoms with van der Waals surface area (Å²) in [6, 6.07) is 15.7. The summed E-state index contributed by atoms with van der Waals surface area (Å²) in [5.41, 5.74) is 2.15. The molecule has 0 amide bonds. The molecule has 0 bridgehead atoms. The molecular weight excluding hydrogens is 286 g/mol. The minimum atomic E-state index is -0.0379. The van der Waals surface area contributed by atoms with Crippen LogP contribution >= 0.6 is 11.6 Å². The Bertz CT molecular complexity index is 574. The number of hydrogen-bond donors (Lipinski definition) is 1. The lowest BCUT2D eigenvalue weighted by atomic mass is 10.1. The molecule has 0 saturated heterocycles. The first-order valence-corrected chi connectivity index (χ1v) is 7.25. The summed E-state index contributed by atoms with van der Waals surface area (Å²) in [5, 5.41) is 3.88. The highest BCUT2D eigenvalue weighted by molar-refractivity contribution is 6.30. The number of rotatable bonds is 7. The van der Waals surface area contributed by atoms with Crippen LogP contribution in [0.15, 0.2) is 48.5 Å². The van der Waals surface area contributed by atoms with Crippen LogP contribution in [0.25, 0.3) is 0 Å². The van der Waals surface area contributed by atoms with Gasteiger partial charge in [0.2, 0.25) is 0 Å². The predicted octanol–water partition coefficient (Wildman–Crippen LogP) is 3.83. The lowest BCUT2D eigenvalue weighted by molar-refractivity contribution is 0.0409. The summed E-state index contributed by atoms with van der Waals surface area (Å²) in [6.45, 7) is 1.25. The van der Waals surface area contributed by atoms with Gasteiger partial charge < -0.3 is 14.8 Å². The molecule has 2 aromatic rings. The van der Waals surface area contributed by atoms with Gasteiger partial charge in [-0.05, 0) is 42.4 Å². The van der Waals surface area contributed by atoms with Crippen LogP contribution in [0, 0.1) is 0 Å². The van der Waals surface area contributed by atoms with Gasteiger partial charge in [0.15, 0.2) is 0 Å². The summed E-state index contributed by atoms with van der Waals surface area (Å²) in [4.78, 5) is 0. The molecular formula is C17H20ClNO2. The van der Waals surface area contributed by atoms with Crippen LogP contribution in [0.5, 0.6) is 5.75 Å². The zero-order chi connectivity index (χ0) is 15.1. The molecule has 0 radical (unpaired) electrons. The molecule has 1 unspecified atom stereocenters. The zero-order valence-electron chi connectivity index (χ0n) is 12.3. The zero-order valence-corrected chi connectivity index (χ0v) is 13.1. The van der Waals surface area contributed by atoms with E-state index in [4.69, 9.17) is 21.1 Å². The minimum absolute atomic E-state index is 0.0379. The molecule has 112 valence electrons. The summed E-state index contributed by atoms with van der Waals surface area (Å²) >= 11 is 5.99. The van der Waals surface area contributed by atoms with Crippen LogP contribution in [0.2, 0.25) is 5.02 Å². The van der Waals surface area contributed by atoms with Crippen molar-refractivity contribution in [2.24, 2.45) is 0 Å². The second-order valence-corrected chi connectivity index (χ2v) is 5.20. The lowest BCUT2D eigenvalue weighted by Crippen LogP contribution is -2.19. The van der Waals surface area contributed by atoms with Gasteiger partial charge in [0, 0.05) is 11.6 Å². The van der Waals surface area contributed by atoms with Crippen molar-refractivity contribution in [2.45, 2.75) is 12.7 Å². The third-order valence-corrected chi connectivity index (χ3v) is 3.43. The number of nitrogens with one attached hydrogen (secondary N) is 1. The molecule has 0 fully saturated rings. The van der Waals surface area contributed by atoms with Crippen LogP contribution in [0.1, 0.15) is 17.2 Å². The van der Waals surface area contributed by atoms with Gasteiger partial charge >= 0.3 is 0 Å². The van der Waals surface area contributed by atoms with E-state index < -0.39 is 0 Å². The van der Waals surface area contributed by atoms with Gasteiger partial charge in [-0.1, -0.05) is 35.9 Å². The Labute approximate surface area is 130 Å². The Hall–Kier alpha value is -1.55. The molecule has 1 atom stereocenters. The highest BCUT2D eigenvalue weighted by Gasteiger charge is 2.12. The molecule has 21 heavy (non-hydrogen) atoms. The Morgan fingerprint density at radius 3 is 2.67 bits per heavy atom. The Morgan fingerprint density at radius 2 is 1.95 bits per heavy atom. The molecule has 3 nitrogen and oxygen atoms in total. The standard InChI is InChI=1S/C17H20ClNO2/c1-19-11-17(14-6-4-8-16(10-14)20-2)21-12-13-5-3-7-15(18)9-13/h3-10,17,19H,11-12H2,1-2H3. The second kappa shape index (κ2) is 8.03. The third kappa shape index (κ3) is 4.74. The molecule has 0 aromatic heterocycles. The molecule has 0 aliphatic heterocycles. The van der Waals surface area contributed by atoms with Gasteiger partial charge in [-0.2, -0.15) is 0 Å². The average molecular weight is 306 g/mol.